The molecule has 1 aliphatic rings. The van der Waals surface area contributed by atoms with Crippen LogP contribution in [0.3, 0.4) is 0 Å². The summed E-state index contributed by atoms with van der Waals surface area (Å²) in [6.45, 7) is 7.11. The van der Waals surface area contributed by atoms with Crippen molar-refractivity contribution in [3.05, 3.63) is 112 Å². The summed E-state index contributed by atoms with van der Waals surface area (Å²) in [5.74, 6) is 0. The molecule has 4 heterocycles. The number of nitrogens with zero attached hydrogens (tertiary/aromatic N) is 4. The fourth-order valence-corrected chi connectivity index (χ4v) is 5.35. The second-order valence-electron chi connectivity index (χ2n) is 8.70. The minimum absolute atomic E-state index is 0.0185. The van der Waals surface area contributed by atoms with Gasteiger partial charge in [-0.05, 0) is 92.1 Å². The quantitative estimate of drug-likeness (QED) is 0.349. The van der Waals surface area contributed by atoms with Crippen molar-refractivity contribution in [2.75, 3.05) is 0 Å². The predicted molar refractivity (Wildman–Crippen MR) is 140 cm³/mol. The van der Waals surface area contributed by atoms with E-state index in [4.69, 9.17) is 23.8 Å². The molecule has 1 aromatic carbocycles. The molecule has 0 radical (unpaired) electrons. The van der Waals surface area contributed by atoms with Gasteiger partial charge in [0.1, 0.15) is 0 Å². The summed E-state index contributed by atoms with van der Waals surface area (Å²) in [6, 6.07) is 18.3. The molecule has 5 rings (SSSR count). The van der Waals surface area contributed by atoms with Crippen molar-refractivity contribution >= 4 is 28.9 Å². The number of pyridine rings is 2. The van der Waals surface area contributed by atoms with Gasteiger partial charge in [-0.25, -0.2) is 0 Å². The number of hydrogen-bond donors (Lipinski definition) is 1. The van der Waals surface area contributed by atoms with Crippen molar-refractivity contribution in [3.63, 3.8) is 0 Å². The molecule has 0 saturated carbocycles. The van der Waals surface area contributed by atoms with Gasteiger partial charge in [-0.15, -0.1) is 0 Å². The zero-order valence-electron chi connectivity index (χ0n) is 19.4. The second kappa shape index (κ2) is 9.20. The van der Waals surface area contributed by atoms with Gasteiger partial charge >= 0.3 is 0 Å². The third-order valence-electron chi connectivity index (χ3n) is 6.50. The van der Waals surface area contributed by atoms with Crippen LogP contribution in [0.4, 0.5) is 0 Å². The van der Waals surface area contributed by atoms with Crippen LogP contribution < -0.4 is 5.32 Å². The minimum Gasteiger partial charge on any atom is -0.352 e. The lowest BCUT2D eigenvalue weighted by Crippen LogP contribution is -2.29. The Morgan fingerprint density at radius 3 is 2.53 bits per heavy atom. The van der Waals surface area contributed by atoms with Crippen LogP contribution in [0.25, 0.3) is 5.69 Å². The maximum Gasteiger partial charge on any atom is 0.170 e. The molecular weight excluding hydrogens is 462 g/mol. The number of halogens is 1. The zero-order valence-corrected chi connectivity index (χ0v) is 20.9. The predicted octanol–water partition coefficient (Wildman–Crippen LogP) is 6.02. The molecule has 1 N–H and O–H groups in total. The standard InChI is InChI=1S/C27H26ClN5S/c1-17-7-8-21(28)15-24(17)33-18(2)14-22(19(33)3)26-25(23-6-4-5-11-30-23)31-27(34)32(26)16-20-9-12-29-13-10-20/h4-15,25-26H,16H2,1-3H3,(H,31,34)/t25-,26-/m1/s1. The van der Waals surface area contributed by atoms with E-state index in [-0.39, 0.29) is 12.1 Å². The average Bonchev–Trinajstić information content (AvgIpc) is 3.31. The third kappa shape index (κ3) is 4.08. The van der Waals surface area contributed by atoms with Crippen molar-refractivity contribution in [1.82, 2.24) is 24.8 Å². The van der Waals surface area contributed by atoms with Crippen LogP contribution in [0.1, 0.15) is 45.9 Å². The summed E-state index contributed by atoms with van der Waals surface area (Å²) in [5.41, 5.74) is 7.93. The molecule has 172 valence electrons. The van der Waals surface area contributed by atoms with Gasteiger partial charge in [-0.1, -0.05) is 23.7 Å². The number of aryl methyl sites for hydroxylation is 2. The van der Waals surface area contributed by atoms with Crippen LogP contribution in [0, 0.1) is 20.8 Å². The molecule has 34 heavy (non-hydrogen) atoms. The summed E-state index contributed by atoms with van der Waals surface area (Å²) in [7, 11) is 0. The van der Waals surface area contributed by atoms with Gasteiger partial charge in [0, 0.05) is 47.2 Å². The van der Waals surface area contributed by atoms with Crippen molar-refractivity contribution in [3.8, 4) is 5.69 Å². The smallest absolute Gasteiger partial charge is 0.170 e. The Bertz CT molecular complexity index is 1340. The molecule has 1 fully saturated rings. The molecule has 7 heteroatoms. The summed E-state index contributed by atoms with van der Waals surface area (Å²) < 4.78 is 2.29. The first-order valence-corrected chi connectivity index (χ1v) is 12.0. The van der Waals surface area contributed by atoms with E-state index >= 15 is 0 Å². The molecule has 0 aliphatic carbocycles. The normalized spacial score (nSPS) is 17.8. The molecule has 0 unspecified atom stereocenters. The Morgan fingerprint density at radius 2 is 1.79 bits per heavy atom. The Hall–Kier alpha value is -3.22. The highest BCUT2D eigenvalue weighted by molar-refractivity contribution is 7.80. The van der Waals surface area contributed by atoms with E-state index in [0.717, 1.165) is 32.8 Å². The van der Waals surface area contributed by atoms with Crippen molar-refractivity contribution in [2.24, 2.45) is 0 Å². The lowest BCUT2D eigenvalue weighted by molar-refractivity contribution is 0.310. The Labute approximate surface area is 210 Å². The number of rotatable bonds is 5. The molecule has 0 amide bonds. The molecule has 2 atom stereocenters. The highest BCUT2D eigenvalue weighted by Crippen LogP contribution is 2.42. The molecule has 1 saturated heterocycles. The summed E-state index contributed by atoms with van der Waals surface area (Å²) in [5, 5.41) is 5.00. The van der Waals surface area contributed by atoms with Crippen LogP contribution in [-0.2, 0) is 6.54 Å². The van der Waals surface area contributed by atoms with Gasteiger partial charge in [0.05, 0.1) is 17.8 Å². The number of aromatic nitrogens is 3. The zero-order chi connectivity index (χ0) is 23.8. The van der Waals surface area contributed by atoms with E-state index in [2.05, 4.69) is 63.7 Å². The van der Waals surface area contributed by atoms with E-state index in [1.165, 1.54) is 16.8 Å². The lowest BCUT2D eigenvalue weighted by Gasteiger charge is -2.28. The first kappa shape index (κ1) is 22.6. The molecule has 0 spiro atoms. The van der Waals surface area contributed by atoms with E-state index in [1.807, 2.05) is 55.0 Å². The third-order valence-corrected chi connectivity index (χ3v) is 7.09. The van der Waals surface area contributed by atoms with E-state index in [9.17, 15) is 0 Å². The molecule has 4 aromatic rings. The minimum atomic E-state index is -0.0649. The van der Waals surface area contributed by atoms with Gasteiger partial charge in [0.25, 0.3) is 0 Å². The van der Waals surface area contributed by atoms with Gasteiger partial charge in [0.2, 0.25) is 0 Å². The second-order valence-corrected chi connectivity index (χ2v) is 9.53. The maximum atomic E-state index is 6.38. The maximum absolute atomic E-state index is 6.38. The molecule has 5 nitrogen and oxygen atoms in total. The summed E-state index contributed by atoms with van der Waals surface area (Å²) in [6.07, 6.45) is 5.48. The topological polar surface area (TPSA) is 46.0 Å². The fraction of sp³-hybridized carbons (Fsp3) is 0.222. The van der Waals surface area contributed by atoms with E-state index in [1.54, 1.807) is 0 Å². The van der Waals surface area contributed by atoms with Gasteiger partial charge in [-0.3, -0.25) is 9.97 Å². The fourth-order valence-electron chi connectivity index (χ4n) is 4.88. The van der Waals surface area contributed by atoms with Crippen LogP contribution in [0.15, 0.2) is 73.2 Å². The van der Waals surface area contributed by atoms with Crippen LogP contribution in [0.5, 0.6) is 0 Å². The van der Waals surface area contributed by atoms with Crippen molar-refractivity contribution in [2.45, 2.75) is 39.4 Å². The molecule has 3 aromatic heterocycles. The highest BCUT2D eigenvalue weighted by Gasteiger charge is 2.41. The van der Waals surface area contributed by atoms with Gasteiger partial charge in [0.15, 0.2) is 5.11 Å². The van der Waals surface area contributed by atoms with Crippen LogP contribution in [0.2, 0.25) is 5.02 Å². The number of nitrogens with one attached hydrogen (secondary N) is 1. The van der Waals surface area contributed by atoms with Crippen LogP contribution >= 0.6 is 23.8 Å². The first-order valence-electron chi connectivity index (χ1n) is 11.3. The Balaban J connectivity index is 1.64. The first-order chi connectivity index (χ1) is 16.4. The Kier molecular flexibility index (Phi) is 6.11. The van der Waals surface area contributed by atoms with Gasteiger partial charge in [-0.2, -0.15) is 0 Å². The molecule has 1 aliphatic heterocycles. The van der Waals surface area contributed by atoms with Crippen molar-refractivity contribution in [1.29, 1.82) is 0 Å². The number of hydrogen-bond acceptors (Lipinski definition) is 3. The Morgan fingerprint density at radius 1 is 1.00 bits per heavy atom. The summed E-state index contributed by atoms with van der Waals surface area (Å²) >= 11 is 12.2. The monoisotopic (exact) mass is 487 g/mol. The largest absolute Gasteiger partial charge is 0.352 e. The van der Waals surface area contributed by atoms with E-state index in [0.29, 0.717) is 6.54 Å². The average molecular weight is 488 g/mol. The highest BCUT2D eigenvalue weighted by atomic mass is 35.5. The number of thiocarbonyl (C=S) groups is 1. The lowest BCUT2D eigenvalue weighted by atomic mass is 9.96. The summed E-state index contributed by atoms with van der Waals surface area (Å²) in [4.78, 5) is 11.1. The van der Waals surface area contributed by atoms with E-state index < -0.39 is 0 Å². The van der Waals surface area contributed by atoms with Crippen molar-refractivity contribution < 1.29 is 0 Å². The molecule has 0 bridgehead atoms. The molecular formula is C27H26ClN5S. The van der Waals surface area contributed by atoms with Gasteiger partial charge < -0.3 is 14.8 Å². The number of benzene rings is 1. The SMILES string of the molecule is Cc1ccc(Cl)cc1-n1c(C)cc([C@@H]2[C@@H](c3ccccn3)NC(=S)N2Cc2ccncc2)c1C. The van der Waals surface area contributed by atoms with Crippen LogP contribution in [-0.4, -0.2) is 24.5 Å².